The van der Waals surface area contributed by atoms with Crippen molar-refractivity contribution in [1.29, 1.82) is 0 Å². The lowest BCUT2D eigenvalue weighted by Gasteiger charge is -2.06. The standard InChI is InChI=1S/C14H11NO4/c16-13(14(17)18)15-10-6-8-12(9-7-10)19-11-4-2-1-3-5-11/h1-9H,(H,15,16)(H,17,18). The first kappa shape index (κ1) is 12.6. The zero-order chi connectivity index (χ0) is 13.7. The van der Waals surface area contributed by atoms with E-state index in [-0.39, 0.29) is 0 Å². The van der Waals surface area contributed by atoms with Crippen LogP contribution in [0.25, 0.3) is 0 Å². The summed E-state index contributed by atoms with van der Waals surface area (Å²) in [5, 5.41) is 10.7. The summed E-state index contributed by atoms with van der Waals surface area (Å²) < 4.78 is 5.56. The fourth-order valence-corrected chi connectivity index (χ4v) is 1.42. The predicted octanol–water partition coefficient (Wildman–Crippen LogP) is 2.50. The van der Waals surface area contributed by atoms with Gasteiger partial charge in [0.15, 0.2) is 0 Å². The molecule has 0 saturated carbocycles. The van der Waals surface area contributed by atoms with Crippen LogP contribution in [0.15, 0.2) is 54.6 Å². The van der Waals surface area contributed by atoms with Crippen molar-refractivity contribution in [3.8, 4) is 11.5 Å². The molecule has 0 aliphatic carbocycles. The Morgan fingerprint density at radius 2 is 1.47 bits per heavy atom. The SMILES string of the molecule is O=C(O)C(=O)Nc1ccc(Oc2ccccc2)cc1. The monoisotopic (exact) mass is 257 g/mol. The Labute approximate surface area is 109 Å². The lowest BCUT2D eigenvalue weighted by Crippen LogP contribution is -2.21. The Morgan fingerprint density at radius 1 is 0.895 bits per heavy atom. The van der Waals surface area contributed by atoms with Crippen LogP contribution in [0.4, 0.5) is 5.69 Å². The first-order valence-electron chi connectivity index (χ1n) is 5.52. The van der Waals surface area contributed by atoms with Gasteiger partial charge in [-0.2, -0.15) is 0 Å². The lowest BCUT2D eigenvalue weighted by atomic mass is 10.3. The van der Waals surface area contributed by atoms with E-state index in [2.05, 4.69) is 5.32 Å². The molecule has 0 aliphatic heterocycles. The van der Waals surface area contributed by atoms with Crippen molar-refractivity contribution < 1.29 is 19.4 Å². The van der Waals surface area contributed by atoms with Crippen LogP contribution in [0.2, 0.25) is 0 Å². The third-order valence-corrected chi connectivity index (χ3v) is 2.29. The number of ether oxygens (including phenoxy) is 1. The van der Waals surface area contributed by atoms with Gasteiger partial charge in [0.25, 0.3) is 0 Å². The second kappa shape index (κ2) is 5.68. The summed E-state index contributed by atoms with van der Waals surface area (Å²) in [5.41, 5.74) is 0.396. The summed E-state index contributed by atoms with van der Waals surface area (Å²) in [7, 11) is 0. The minimum Gasteiger partial charge on any atom is -0.474 e. The van der Waals surface area contributed by atoms with Crippen LogP contribution in [0.3, 0.4) is 0 Å². The molecule has 2 N–H and O–H groups in total. The van der Waals surface area contributed by atoms with Crippen molar-refractivity contribution in [3.63, 3.8) is 0 Å². The first-order chi connectivity index (χ1) is 9.15. The van der Waals surface area contributed by atoms with Crippen molar-refractivity contribution in [2.24, 2.45) is 0 Å². The molecule has 0 atom stereocenters. The number of hydrogen-bond acceptors (Lipinski definition) is 3. The molecule has 0 fully saturated rings. The van der Waals surface area contributed by atoms with Crippen LogP contribution in [0, 0.1) is 0 Å². The molecule has 0 aliphatic rings. The van der Waals surface area contributed by atoms with E-state index in [0.717, 1.165) is 0 Å². The van der Waals surface area contributed by atoms with Gasteiger partial charge in [-0.05, 0) is 36.4 Å². The highest BCUT2D eigenvalue weighted by atomic mass is 16.5. The van der Waals surface area contributed by atoms with Crippen molar-refractivity contribution in [1.82, 2.24) is 0 Å². The molecular formula is C14H11NO4. The maximum atomic E-state index is 10.9. The number of para-hydroxylation sites is 1. The van der Waals surface area contributed by atoms with E-state index in [9.17, 15) is 9.59 Å². The van der Waals surface area contributed by atoms with Gasteiger partial charge in [-0.15, -0.1) is 0 Å². The van der Waals surface area contributed by atoms with Crippen LogP contribution in [0.1, 0.15) is 0 Å². The smallest absolute Gasteiger partial charge is 0.394 e. The minimum absolute atomic E-state index is 0.396. The number of amides is 1. The normalized spacial score (nSPS) is 9.68. The van der Waals surface area contributed by atoms with Gasteiger partial charge in [-0.1, -0.05) is 18.2 Å². The molecule has 0 spiro atoms. The Kier molecular flexibility index (Phi) is 3.78. The van der Waals surface area contributed by atoms with Gasteiger partial charge < -0.3 is 15.2 Å². The van der Waals surface area contributed by atoms with Crippen LogP contribution in [0.5, 0.6) is 11.5 Å². The van der Waals surface area contributed by atoms with Gasteiger partial charge in [0.05, 0.1) is 0 Å². The van der Waals surface area contributed by atoms with Crippen LogP contribution >= 0.6 is 0 Å². The molecule has 19 heavy (non-hydrogen) atoms. The average Bonchev–Trinajstić information content (AvgIpc) is 2.42. The molecular weight excluding hydrogens is 246 g/mol. The second-order valence-electron chi connectivity index (χ2n) is 3.70. The number of carbonyl (C=O) groups is 2. The maximum Gasteiger partial charge on any atom is 0.394 e. The van der Waals surface area contributed by atoms with E-state index in [0.29, 0.717) is 17.2 Å². The van der Waals surface area contributed by atoms with Crippen molar-refractivity contribution in [3.05, 3.63) is 54.6 Å². The Balaban J connectivity index is 2.03. The number of nitrogens with one attached hydrogen (secondary N) is 1. The number of rotatable bonds is 3. The fourth-order valence-electron chi connectivity index (χ4n) is 1.42. The van der Waals surface area contributed by atoms with Gasteiger partial charge >= 0.3 is 11.9 Å². The van der Waals surface area contributed by atoms with E-state index in [1.807, 2.05) is 30.3 Å². The number of carboxylic acids is 1. The Bertz CT molecular complexity index is 578. The minimum atomic E-state index is -1.52. The van der Waals surface area contributed by atoms with Gasteiger partial charge in [-0.3, -0.25) is 4.79 Å². The largest absolute Gasteiger partial charge is 0.474 e. The van der Waals surface area contributed by atoms with Gasteiger partial charge in [0.2, 0.25) is 0 Å². The number of carboxylic acid groups (broad SMARTS) is 1. The van der Waals surface area contributed by atoms with E-state index >= 15 is 0 Å². The molecule has 0 aromatic heterocycles. The first-order valence-corrected chi connectivity index (χ1v) is 5.52. The zero-order valence-electron chi connectivity index (χ0n) is 9.87. The summed E-state index contributed by atoms with van der Waals surface area (Å²) in [6.45, 7) is 0. The van der Waals surface area contributed by atoms with E-state index in [4.69, 9.17) is 9.84 Å². The third kappa shape index (κ3) is 3.57. The molecule has 0 unspecified atom stereocenters. The Morgan fingerprint density at radius 3 is 2.05 bits per heavy atom. The highest BCUT2D eigenvalue weighted by molar-refractivity contribution is 6.36. The summed E-state index contributed by atoms with van der Waals surface area (Å²) in [4.78, 5) is 21.3. The topological polar surface area (TPSA) is 75.6 Å². The van der Waals surface area contributed by atoms with E-state index in [1.165, 1.54) is 0 Å². The Hall–Kier alpha value is -2.82. The summed E-state index contributed by atoms with van der Waals surface area (Å²) in [5.74, 6) is -1.30. The molecule has 0 saturated heterocycles. The molecule has 2 aromatic carbocycles. The maximum absolute atomic E-state index is 10.9. The molecule has 2 aromatic rings. The van der Waals surface area contributed by atoms with Crippen LogP contribution < -0.4 is 10.1 Å². The highest BCUT2D eigenvalue weighted by Crippen LogP contribution is 2.22. The van der Waals surface area contributed by atoms with Crippen molar-refractivity contribution >= 4 is 17.6 Å². The number of aliphatic carboxylic acids is 1. The van der Waals surface area contributed by atoms with Gasteiger partial charge in [0.1, 0.15) is 11.5 Å². The zero-order valence-corrected chi connectivity index (χ0v) is 9.87. The summed E-state index contributed by atoms with van der Waals surface area (Å²) in [6.07, 6.45) is 0. The van der Waals surface area contributed by atoms with Crippen LogP contribution in [-0.2, 0) is 9.59 Å². The molecule has 96 valence electrons. The number of hydrogen-bond donors (Lipinski definition) is 2. The molecule has 1 amide bonds. The molecule has 5 heteroatoms. The van der Waals surface area contributed by atoms with Gasteiger partial charge in [-0.25, -0.2) is 4.79 Å². The quantitative estimate of drug-likeness (QED) is 0.828. The number of anilines is 1. The van der Waals surface area contributed by atoms with Gasteiger partial charge in [0, 0.05) is 5.69 Å². The molecule has 0 bridgehead atoms. The van der Waals surface area contributed by atoms with Crippen molar-refractivity contribution in [2.45, 2.75) is 0 Å². The third-order valence-electron chi connectivity index (χ3n) is 2.29. The van der Waals surface area contributed by atoms with E-state index < -0.39 is 11.9 Å². The van der Waals surface area contributed by atoms with Crippen LogP contribution in [-0.4, -0.2) is 17.0 Å². The number of carbonyl (C=O) groups excluding carboxylic acids is 1. The predicted molar refractivity (Wildman–Crippen MR) is 69.2 cm³/mol. The summed E-state index contributed by atoms with van der Waals surface area (Å²) in [6, 6.07) is 15.7. The molecule has 0 heterocycles. The molecule has 2 rings (SSSR count). The number of benzene rings is 2. The fraction of sp³-hybridized carbons (Fsp3) is 0. The average molecular weight is 257 g/mol. The second-order valence-corrected chi connectivity index (χ2v) is 3.70. The molecule has 5 nitrogen and oxygen atoms in total. The van der Waals surface area contributed by atoms with Crippen molar-refractivity contribution in [2.75, 3.05) is 5.32 Å². The van der Waals surface area contributed by atoms with E-state index in [1.54, 1.807) is 24.3 Å². The molecule has 0 radical (unpaired) electrons. The summed E-state index contributed by atoms with van der Waals surface area (Å²) >= 11 is 0. The lowest BCUT2D eigenvalue weighted by molar-refractivity contribution is -0.147. The highest BCUT2D eigenvalue weighted by Gasteiger charge is 2.10.